The molecule has 1 aromatic carbocycles. The number of rotatable bonds is 2. The lowest BCUT2D eigenvalue weighted by Gasteiger charge is -2.32. The molecule has 0 aliphatic heterocycles. The Morgan fingerprint density at radius 3 is 2.14 bits per heavy atom. The summed E-state index contributed by atoms with van der Waals surface area (Å²) in [7, 11) is 0. The van der Waals surface area contributed by atoms with Crippen molar-refractivity contribution in [2.24, 2.45) is 0 Å². The van der Waals surface area contributed by atoms with Gasteiger partial charge in [-0.15, -0.1) is 0 Å². The van der Waals surface area contributed by atoms with Crippen LogP contribution in [0, 0.1) is 0 Å². The van der Waals surface area contributed by atoms with Crippen molar-refractivity contribution in [3.63, 3.8) is 0 Å². The maximum Gasteiger partial charge on any atom is 0.105 e. The number of aliphatic hydroxyl groups excluding tert-OH is 1. The van der Waals surface area contributed by atoms with E-state index in [0.29, 0.717) is 0 Å². The number of hydrogen-bond donors (Lipinski definition) is 2. The van der Waals surface area contributed by atoms with E-state index in [9.17, 15) is 5.11 Å². The van der Waals surface area contributed by atoms with E-state index in [1.807, 2.05) is 54.6 Å². The molecule has 4 heteroatoms. The van der Waals surface area contributed by atoms with Gasteiger partial charge in [-0.05, 0) is 24.3 Å². The van der Waals surface area contributed by atoms with Crippen LogP contribution >= 0.6 is 0 Å². The van der Waals surface area contributed by atoms with Gasteiger partial charge in [0.25, 0.3) is 0 Å². The second-order valence-electron chi connectivity index (χ2n) is 5.32. The van der Waals surface area contributed by atoms with Gasteiger partial charge in [-0.2, -0.15) is 0 Å². The van der Waals surface area contributed by atoms with Gasteiger partial charge in [0.05, 0.1) is 17.4 Å². The lowest BCUT2D eigenvalue weighted by molar-refractivity contribution is 0.153. The molecule has 2 aromatic heterocycles. The molecule has 108 valence electrons. The molecule has 22 heavy (non-hydrogen) atoms. The van der Waals surface area contributed by atoms with E-state index >= 15 is 0 Å². The summed E-state index contributed by atoms with van der Waals surface area (Å²) in [5.74, 6) is 0. The average molecular weight is 289 g/mol. The Morgan fingerprint density at radius 2 is 1.41 bits per heavy atom. The SMILES string of the molecule is OC1c2cccnc2-c2ncccc2C1Nc1ccccc1. The van der Waals surface area contributed by atoms with Gasteiger partial charge in [-0.25, -0.2) is 0 Å². The number of benzene rings is 1. The minimum Gasteiger partial charge on any atom is -0.386 e. The minimum absolute atomic E-state index is 0.247. The molecule has 2 atom stereocenters. The number of aromatic nitrogens is 2. The summed E-state index contributed by atoms with van der Waals surface area (Å²) in [4.78, 5) is 8.88. The van der Waals surface area contributed by atoms with Crippen molar-refractivity contribution < 1.29 is 5.11 Å². The summed E-state index contributed by atoms with van der Waals surface area (Å²) >= 11 is 0. The molecule has 1 aliphatic rings. The molecular formula is C18H15N3O. The lowest BCUT2D eigenvalue weighted by atomic mass is 9.86. The normalized spacial score (nSPS) is 19.1. The quantitative estimate of drug-likeness (QED) is 0.759. The first kappa shape index (κ1) is 13.0. The predicted molar refractivity (Wildman–Crippen MR) is 85.2 cm³/mol. The second kappa shape index (κ2) is 5.24. The maximum absolute atomic E-state index is 10.8. The number of anilines is 1. The van der Waals surface area contributed by atoms with Gasteiger partial charge in [0, 0.05) is 29.2 Å². The van der Waals surface area contributed by atoms with Crippen molar-refractivity contribution in [3.8, 4) is 11.4 Å². The topological polar surface area (TPSA) is 58.0 Å². The third-order valence-electron chi connectivity index (χ3n) is 3.97. The highest BCUT2D eigenvalue weighted by atomic mass is 16.3. The fourth-order valence-corrected chi connectivity index (χ4v) is 2.94. The van der Waals surface area contributed by atoms with Crippen molar-refractivity contribution in [1.82, 2.24) is 9.97 Å². The van der Waals surface area contributed by atoms with Crippen LogP contribution in [0.25, 0.3) is 11.4 Å². The fraction of sp³-hybridized carbons (Fsp3) is 0.111. The zero-order valence-corrected chi connectivity index (χ0v) is 11.8. The molecule has 0 saturated carbocycles. The molecule has 2 heterocycles. The van der Waals surface area contributed by atoms with E-state index in [1.54, 1.807) is 12.4 Å². The first-order valence-electron chi connectivity index (χ1n) is 7.24. The van der Waals surface area contributed by atoms with Crippen molar-refractivity contribution >= 4 is 5.69 Å². The van der Waals surface area contributed by atoms with E-state index in [0.717, 1.165) is 28.2 Å². The summed E-state index contributed by atoms with van der Waals surface area (Å²) in [6.07, 6.45) is 2.82. The van der Waals surface area contributed by atoms with Crippen molar-refractivity contribution in [2.45, 2.75) is 12.1 Å². The van der Waals surface area contributed by atoms with Gasteiger partial charge in [-0.1, -0.05) is 30.3 Å². The first-order valence-corrected chi connectivity index (χ1v) is 7.24. The third kappa shape index (κ3) is 2.05. The molecule has 3 aromatic rings. The van der Waals surface area contributed by atoms with Crippen LogP contribution in [0.3, 0.4) is 0 Å². The van der Waals surface area contributed by atoms with Crippen LogP contribution in [0.2, 0.25) is 0 Å². The molecule has 0 saturated heterocycles. The minimum atomic E-state index is -0.666. The first-order chi connectivity index (χ1) is 10.8. The number of nitrogens with zero attached hydrogens (tertiary/aromatic N) is 2. The zero-order chi connectivity index (χ0) is 14.9. The molecule has 2 unspecified atom stereocenters. The monoisotopic (exact) mass is 289 g/mol. The number of nitrogens with one attached hydrogen (secondary N) is 1. The van der Waals surface area contributed by atoms with Crippen LogP contribution < -0.4 is 5.32 Å². The Balaban J connectivity index is 1.83. The molecule has 0 bridgehead atoms. The highest BCUT2D eigenvalue weighted by Gasteiger charge is 2.33. The molecule has 0 fully saturated rings. The molecule has 0 radical (unpaired) electrons. The van der Waals surface area contributed by atoms with Gasteiger partial charge in [0.15, 0.2) is 0 Å². The standard InChI is InChI=1S/C18H15N3O/c22-18-14-9-5-11-20-16(14)15-13(8-4-10-19-15)17(18)21-12-6-2-1-3-7-12/h1-11,17-18,21-22H. The van der Waals surface area contributed by atoms with Crippen LogP contribution in [0.15, 0.2) is 67.0 Å². The molecule has 0 amide bonds. The second-order valence-corrected chi connectivity index (χ2v) is 5.32. The van der Waals surface area contributed by atoms with Crippen LogP contribution in [-0.4, -0.2) is 15.1 Å². The highest BCUT2D eigenvalue weighted by molar-refractivity contribution is 5.68. The predicted octanol–water partition coefficient (Wildman–Crippen LogP) is 3.34. The van der Waals surface area contributed by atoms with Gasteiger partial charge in [0.2, 0.25) is 0 Å². The summed E-state index contributed by atoms with van der Waals surface area (Å²) in [6, 6.07) is 17.3. The highest BCUT2D eigenvalue weighted by Crippen LogP contribution is 2.43. The van der Waals surface area contributed by atoms with E-state index in [4.69, 9.17) is 0 Å². The average Bonchev–Trinajstić information content (AvgIpc) is 2.59. The molecule has 2 N–H and O–H groups in total. The lowest BCUT2D eigenvalue weighted by Crippen LogP contribution is -2.25. The van der Waals surface area contributed by atoms with E-state index in [-0.39, 0.29) is 6.04 Å². The van der Waals surface area contributed by atoms with Gasteiger partial charge in [0.1, 0.15) is 6.10 Å². The number of pyridine rings is 2. The number of hydrogen-bond acceptors (Lipinski definition) is 4. The van der Waals surface area contributed by atoms with Crippen molar-refractivity contribution in [2.75, 3.05) is 5.32 Å². The van der Waals surface area contributed by atoms with E-state index in [1.165, 1.54) is 0 Å². The molecule has 4 rings (SSSR count). The Kier molecular flexibility index (Phi) is 3.09. The summed E-state index contributed by atoms with van der Waals surface area (Å²) in [5.41, 5.74) is 4.33. The zero-order valence-electron chi connectivity index (χ0n) is 11.8. The number of aliphatic hydroxyl groups is 1. The summed E-state index contributed by atoms with van der Waals surface area (Å²) in [6.45, 7) is 0. The van der Waals surface area contributed by atoms with Crippen LogP contribution in [0.1, 0.15) is 23.3 Å². The fourth-order valence-electron chi connectivity index (χ4n) is 2.94. The van der Waals surface area contributed by atoms with Crippen LogP contribution in [-0.2, 0) is 0 Å². The molecule has 4 nitrogen and oxygen atoms in total. The molecular weight excluding hydrogens is 274 g/mol. The summed E-state index contributed by atoms with van der Waals surface area (Å²) < 4.78 is 0. The largest absolute Gasteiger partial charge is 0.386 e. The van der Waals surface area contributed by atoms with E-state index < -0.39 is 6.10 Å². The Morgan fingerprint density at radius 1 is 0.773 bits per heavy atom. The van der Waals surface area contributed by atoms with Gasteiger partial charge >= 0.3 is 0 Å². The Hall–Kier alpha value is -2.72. The summed E-state index contributed by atoms with van der Waals surface area (Å²) in [5, 5.41) is 14.2. The number of para-hydroxylation sites is 1. The maximum atomic E-state index is 10.8. The van der Waals surface area contributed by atoms with Crippen molar-refractivity contribution in [1.29, 1.82) is 0 Å². The number of fused-ring (bicyclic) bond motifs is 3. The van der Waals surface area contributed by atoms with E-state index in [2.05, 4.69) is 15.3 Å². The van der Waals surface area contributed by atoms with Gasteiger partial charge in [-0.3, -0.25) is 9.97 Å². The van der Waals surface area contributed by atoms with Gasteiger partial charge < -0.3 is 10.4 Å². The molecule has 0 spiro atoms. The Bertz CT molecular complexity index is 804. The smallest absolute Gasteiger partial charge is 0.105 e. The van der Waals surface area contributed by atoms with Crippen molar-refractivity contribution in [3.05, 3.63) is 78.1 Å². The van der Waals surface area contributed by atoms with Crippen LogP contribution in [0.4, 0.5) is 5.69 Å². The third-order valence-corrected chi connectivity index (χ3v) is 3.97. The Labute approximate surface area is 128 Å². The van der Waals surface area contributed by atoms with Crippen LogP contribution in [0.5, 0.6) is 0 Å². The molecule has 1 aliphatic carbocycles.